The van der Waals surface area contributed by atoms with E-state index in [2.05, 4.69) is 28.7 Å². The Bertz CT molecular complexity index is 695. The molecule has 1 amide bonds. The number of carbonyl (C=O) groups is 1. The molecule has 0 spiro atoms. The molecule has 0 N–H and O–H groups in total. The molecule has 1 fully saturated rings. The largest absolute Gasteiger partial charge is 0.344 e. The maximum atomic E-state index is 12.6. The van der Waals surface area contributed by atoms with Crippen molar-refractivity contribution in [2.24, 2.45) is 0 Å². The topological polar surface area (TPSA) is 49.3 Å². The maximum Gasteiger partial charge on any atom is 0.263 e. The van der Waals surface area contributed by atoms with E-state index in [1.807, 2.05) is 0 Å². The van der Waals surface area contributed by atoms with E-state index in [-0.39, 0.29) is 5.91 Å². The molecular weight excluding hydrogens is 296 g/mol. The zero-order valence-electron chi connectivity index (χ0n) is 13.5. The first kappa shape index (κ1) is 15.4. The summed E-state index contributed by atoms with van der Waals surface area (Å²) in [5.74, 6) is 0.426. The number of likely N-dealkylation sites (tertiary alicyclic amines) is 1. The average Bonchev–Trinajstić information content (AvgIpc) is 3.10. The van der Waals surface area contributed by atoms with Crippen molar-refractivity contribution in [2.75, 3.05) is 27.2 Å². The molecule has 1 aliphatic heterocycles. The summed E-state index contributed by atoms with van der Waals surface area (Å²) in [6, 6.07) is 0.536. The minimum Gasteiger partial charge on any atom is -0.344 e. The number of fused-ring (bicyclic) bond motifs is 1. The Kier molecular flexibility index (Phi) is 4.14. The molecule has 0 bridgehead atoms. The molecular formula is C16H22N4OS. The molecule has 1 atom stereocenters. The summed E-state index contributed by atoms with van der Waals surface area (Å²) >= 11 is 1.47. The first-order valence-electron chi connectivity index (χ1n) is 7.68. The second-order valence-corrected chi connectivity index (χ2v) is 7.33. The van der Waals surface area contributed by atoms with Crippen LogP contribution in [0.3, 0.4) is 0 Å². The molecule has 0 aliphatic carbocycles. The average molecular weight is 318 g/mol. The molecule has 1 saturated heterocycles. The molecule has 2 aromatic rings. The van der Waals surface area contributed by atoms with E-state index in [0.29, 0.717) is 12.0 Å². The Hall–Kier alpha value is -1.53. The zero-order chi connectivity index (χ0) is 15.9. The van der Waals surface area contributed by atoms with Gasteiger partial charge in [0, 0.05) is 50.6 Å². The van der Waals surface area contributed by atoms with Gasteiger partial charge in [-0.2, -0.15) is 0 Å². The lowest BCUT2D eigenvalue weighted by Crippen LogP contribution is -2.28. The third-order valence-electron chi connectivity index (χ3n) is 4.32. The summed E-state index contributed by atoms with van der Waals surface area (Å²) in [5, 5.41) is 0. The molecule has 0 saturated carbocycles. The van der Waals surface area contributed by atoms with E-state index in [1.165, 1.54) is 11.3 Å². The van der Waals surface area contributed by atoms with Gasteiger partial charge < -0.3 is 9.80 Å². The van der Waals surface area contributed by atoms with Crippen LogP contribution in [0.1, 0.15) is 41.4 Å². The smallest absolute Gasteiger partial charge is 0.263 e. The lowest BCUT2D eigenvalue weighted by Gasteiger charge is -2.20. The van der Waals surface area contributed by atoms with Crippen molar-refractivity contribution < 1.29 is 4.79 Å². The van der Waals surface area contributed by atoms with Crippen LogP contribution in [0.15, 0.2) is 12.4 Å². The van der Waals surface area contributed by atoms with E-state index in [9.17, 15) is 4.79 Å². The SMILES string of the molecule is CC(C)N1CCC(c2c(C(=O)N(C)C)sc3nccnc23)C1. The summed E-state index contributed by atoms with van der Waals surface area (Å²) in [5.41, 5.74) is 2.02. The second kappa shape index (κ2) is 5.93. The Morgan fingerprint density at radius 1 is 1.36 bits per heavy atom. The van der Waals surface area contributed by atoms with E-state index < -0.39 is 0 Å². The molecule has 0 aromatic carbocycles. The van der Waals surface area contributed by atoms with Crippen LogP contribution in [-0.4, -0.2) is 58.9 Å². The van der Waals surface area contributed by atoms with Crippen molar-refractivity contribution in [1.82, 2.24) is 19.8 Å². The van der Waals surface area contributed by atoms with Crippen LogP contribution in [0.4, 0.5) is 0 Å². The van der Waals surface area contributed by atoms with Gasteiger partial charge in [-0.25, -0.2) is 4.98 Å². The standard InChI is InChI=1S/C16H22N4OS/c1-10(2)20-8-5-11(9-20)12-13-15(18-7-6-17-13)22-14(12)16(21)19(3)4/h6-7,10-11H,5,8-9H2,1-4H3. The fourth-order valence-electron chi connectivity index (χ4n) is 3.08. The lowest BCUT2D eigenvalue weighted by molar-refractivity contribution is 0.0831. The van der Waals surface area contributed by atoms with Gasteiger partial charge >= 0.3 is 0 Å². The second-order valence-electron chi connectivity index (χ2n) is 6.33. The van der Waals surface area contributed by atoms with Crippen LogP contribution in [0, 0.1) is 0 Å². The van der Waals surface area contributed by atoms with Crippen LogP contribution in [0.25, 0.3) is 10.3 Å². The number of carbonyl (C=O) groups excluding carboxylic acids is 1. The monoisotopic (exact) mass is 318 g/mol. The minimum absolute atomic E-state index is 0.0581. The highest BCUT2D eigenvalue weighted by atomic mass is 32.1. The fourth-order valence-corrected chi connectivity index (χ4v) is 4.29. The predicted octanol–water partition coefficient (Wildman–Crippen LogP) is 2.59. The van der Waals surface area contributed by atoms with Crippen molar-refractivity contribution >= 4 is 27.6 Å². The van der Waals surface area contributed by atoms with Gasteiger partial charge in [-0.15, -0.1) is 11.3 Å². The fraction of sp³-hybridized carbons (Fsp3) is 0.562. The van der Waals surface area contributed by atoms with Gasteiger partial charge in [0.25, 0.3) is 5.91 Å². The molecule has 5 nitrogen and oxygen atoms in total. The number of hydrogen-bond donors (Lipinski definition) is 0. The summed E-state index contributed by atoms with van der Waals surface area (Å²) in [6.07, 6.45) is 4.49. The van der Waals surface area contributed by atoms with Crippen LogP contribution in [-0.2, 0) is 0 Å². The summed E-state index contributed by atoms with van der Waals surface area (Å²) in [7, 11) is 3.60. The van der Waals surface area contributed by atoms with Crippen molar-refractivity contribution in [1.29, 1.82) is 0 Å². The Balaban J connectivity index is 2.07. The summed E-state index contributed by atoms with van der Waals surface area (Å²) in [4.78, 5) is 27.3. The number of thiophene rings is 1. The molecule has 0 radical (unpaired) electrons. The Morgan fingerprint density at radius 2 is 2.09 bits per heavy atom. The first-order valence-corrected chi connectivity index (χ1v) is 8.49. The zero-order valence-corrected chi connectivity index (χ0v) is 14.4. The summed E-state index contributed by atoms with van der Waals surface area (Å²) < 4.78 is 0. The highest BCUT2D eigenvalue weighted by molar-refractivity contribution is 7.20. The van der Waals surface area contributed by atoms with Gasteiger partial charge in [0.15, 0.2) is 0 Å². The third kappa shape index (κ3) is 2.61. The van der Waals surface area contributed by atoms with Crippen molar-refractivity contribution in [3.05, 3.63) is 22.8 Å². The number of aromatic nitrogens is 2. The normalized spacial score (nSPS) is 19.2. The molecule has 3 rings (SSSR count). The summed E-state index contributed by atoms with van der Waals surface area (Å²) in [6.45, 7) is 6.52. The third-order valence-corrected chi connectivity index (χ3v) is 5.41. The van der Waals surface area contributed by atoms with Gasteiger partial charge in [0.05, 0.1) is 4.88 Å². The van der Waals surface area contributed by atoms with E-state index in [0.717, 1.165) is 40.3 Å². The molecule has 6 heteroatoms. The highest BCUT2D eigenvalue weighted by Crippen LogP contribution is 2.39. The van der Waals surface area contributed by atoms with Crippen LogP contribution in [0.5, 0.6) is 0 Å². The van der Waals surface area contributed by atoms with E-state index in [1.54, 1.807) is 31.4 Å². The van der Waals surface area contributed by atoms with Gasteiger partial charge in [-0.3, -0.25) is 9.78 Å². The number of hydrogen-bond acceptors (Lipinski definition) is 5. The van der Waals surface area contributed by atoms with E-state index >= 15 is 0 Å². The van der Waals surface area contributed by atoms with Gasteiger partial charge in [0.1, 0.15) is 10.3 Å². The highest BCUT2D eigenvalue weighted by Gasteiger charge is 2.32. The lowest BCUT2D eigenvalue weighted by atomic mass is 9.97. The van der Waals surface area contributed by atoms with Crippen LogP contribution in [0.2, 0.25) is 0 Å². The molecule has 22 heavy (non-hydrogen) atoms. The Labute approximate surface area is 135 Å². The molecule has 1 aliphatic rings. The van der Waals surface area contributed by atoms with Crippen molar-refractivity contribution in [3.8, 4) is 0 Å². The molecule has 118 valence electrons. The van der Waals surface area contributed by atoms with Gasteiger partial charge in [0.2, 0.25) is 0 Å². The number of amides is 1. The molecule has 3 heterocycles. The Morgan fingerprint density at radius 3 is 2.73 bits per heavy atom. The molecule has 2 aromatic heterocycles. The first-order chi connectivity index (χ1) is 10.5. The maximum absolute atomic E-state index is 12.6. The van der Waals surface area contributed by atoms with Crippen molar-refractivity contribution in [2.45, 2.75) is 32.2 Å². The molecule has 1 unspecified atom stereocenters. The number of nitrogens with zero attached hydrogens (tertiary/aromatic N) is 4. The van der Waals surface area contributed by atoms with Crippen molar-refractivity contribution in [3.63, 3.8) is 0 Å². The minimum atomic E-state index is 0.0581. The van der Waals surface area contributed by atoms with Gasteiger partial charge in [-0.1, -0.05) is 0 Å². The quantitative estimate of drug-likeness (QED) is 0.873. The number of rotatable bonds is 3. The van der Waals surface area contributed by atoms with Crippen LogP contribution >= 0.6 is 11.3 Å². The van der Waals surface area contributed by atoms with E-state index in [4.69, 9.17) is 0 Å². The van der Waals surface area contributed by atoms with Gasteiger partial charge in [-0.05, 0) is 26.8 Å². The van der Waals surface area contributed by atoms with Crippen LogP contribution < -0.4 is 0 Å². The predicted molar refractivity (Wildman–Crippen MR) is 89.5 cm³/mol.